The maximum atomic E-state index is 11.6. The minimum Gasteiger partial charge on any atom is -0.493 e. The normalized spacial score (nSPS) is 10.8. The Bertz CT molecular complexity index is 870. The second-order valence-corrected chi connectivity index (χ2v) is 6.88. The van der Waals surface area contributed by atoms with E-state index >= 15 is 0 Å². The molecule has 0 aliphatic rings. The minimum absolute atomic E-state index is 0.106. The van der Waals surface area contributed by atoms with Crippen LogP contribution in [0.4, 0.5) is 0 Å². The molecule has 0 saturated heterocycles. The van der Waals surface area contributed by atoms with E-state index < -0.39 is 5.97 Å². The summed E-state index contributed by atoms with van der Waals surface area (Å²) in [5, 5.41) is 9.08. The summed E-state index contributed by atoms with van der Waals surface area (Å²) in [7, 11) is 2.75. The summed E-state index contributed by atoms with van der Waals surface area (Å²) in [5.41, 5.74) is 1.50. The van der Waals surface area contributed by atoms with Crippen LogP contribution in [-0.4, -0.2) is 20.2 Å². The zero-order valence-corrected chi connectivity index (χ0v) is 17.3. The van der Waals surface area contributed by atoms with Crippen LogP contribution < -0.4 is 9.47 Å². The van der Waals surface area contributed by atoms with Gasteiger partial charge in [0, 0.05) is 4.47 Å². The maximum Gasteiger partial charge on any atom is 0.348 e. The molecule has 0 unspecified atom stereocenters. The first-order valence-electron chi connectivity index (χ1n) is 7.43. The number of ether oxygens (including phenoxy) is 3. The molecule has 2 rings (SSSR count). The number of carbonyl (C=O) groups excluding carboxylic acids is 1. The van der Waals surface area contributed by atoms with Crippen molar-refractivity contribution in [3.05, 3.63) is 62.0 Å². The summed E-state index contributed by atoms with van der Waals surface area (Å²) >= 11 is 6.84. The van der Waals surface area contributed by atoms with Gasteiger partial charge in [-0.3, -0.25) is 0 Å². The van der Waals surface area contributed by atoms with Crippen molar-refractivity contribution in [1.29, 1.82) is 5.26 Å². The van der Waals surface area contributed by atoms with Crippen LogP contribution in [0.5, 0.6) is 11.5 Å². The van der Waals surface area contributed by atoms with E-state index in [1.807, 2.05) is 30.3 Å². The number of benzene rings is 2. The van der Waals surface area contributed by atoms with Crippen LogP contribution in [0.1, 0.15) is 11.1 Å². The topological polar surface area (TPSA) is 68.6 Å². The second-order valence-electron chi connectivity index (χ2n) is 5.11. The Kier molecular flexibility index (Phi) is 7.25. The molecule has 0 amide bonds. The van der Waals surface area contributed by atoms with Crippen LogP contribution in [0.2, 0.25) is 0 Å². The van der Waals surface area contributed by atoms with E-state index in [2.05, 4.69) is 36.6 Å². The molecule has 5 nitrogen and oxygen atoms in total. The van der Waals surface area contributed by atoms with E-state index in [9.17, 15) is 4.79 Å². The fraction of sp³-hybridized carbons (Fsp3) is 0.158. The molecule has 0 aliphatic carbocycles. The smallest absolute Gasteiger partial charge is 0.348 e. The van der Waals surface area contributed by atoms with Gasteiger partial charge in [-0.1, -0.05) is 28.1 Å². The number of nitrogens with zero attached hydrogens (tertiary/aromatic N) is 1. The number of hydrogen-bond donors (Lipinski definition) is 0. The van der Waals surface area contributed by atoms with Crippen LogP contribution in [0.3, 0.4) is 0 Å². The Morgan fingerprint density at radius 3 is 2.46 bits per heavy atom. The largest absolute Gasteiger partial charge is 0.493 e. The maximum absolute atomic E-state index is 11.6. The van der Waals surface area contributed by atoms with Crippen molar-refractivity contribution in [2.24, 2.45) is 0 Å². The fourth-order valence-electron chi connectivity index (χ4n) is 2.11. The third kappa shape index (κ3) is 5.10. The molecule has 0 spiro atoms. The third-order valence-corrected chi connectivity index (χ3v) is 4.50. The van der Waals surface area contributed by atoms with E-state index in [0.717, 1.165) is 10.0 Å². The standard InChI is InChI=1S/C19H15Br2NO4/c1-24-17-9-13(7-14(10-22)19(23)25-2)8-16(21)18(17)26-11-12-3-5-15(20)6-4-12/h3-9H,11H2,1-2H3. The molecule has 0 radical (unpaired) electrons. The molecular formula is C19H15Br2NO4. The Hall–Kier alpha value is -2.30. The molecule has 2 aromatic carbocycles. The van der Waals surface area contributed by atoms with Gasteiger partial charge in [-0.15, -0.1) is 0 Å². The van der Waals surface area contributed by atoms with Gasteiger partial charge >= 0.3 is 5.97 Å². The number of rotatable bonds is 6. The number of methoxy groups -OCH3 is 2. The zero-order chi connectivity index (χ0) is 19.1. The second kappa shape index (κ2) is 9.41. The molecule has 0 fully saturated rings. The highest BCUT2D eigenvalue weighted by Gasteiger charge is 2.14. The van der Waals surface area contributed by atoms with Gasteiger partial charge in [0.05, 0.1) is 18.7 Å². The lowest BCUT2D eigenvalue weighted by Gasteiger charge is -2.14. The highest BCUT2D eigenvalue weighted by Crippen LogP contribution is 2.37. The summed E-state index contributed by atoms with van der Waals surface area (Å²) in [4.78, 5) is 11.6. The zero-order valence-electron chi connectivity index (χ0n) is 14.1. The molecule has 0 heterocycles. The van der Waals surface area contributed by atoms with Crippen molar-refractivity contribution in [2.75, 3.05) is 14.2 Å². The van der Waals surface area contributed by atoms with Gasteiger partial charge in [0.15, 0.2) is 11.5 Å². The summed E-state index contributed by atoms with van der Waals surface area (Å²) < 4.78 is 17.5. The van der Waals surface area contributed by atoms with Crippen LogP contribution in [0.15, 0.2) is 50.9 Å². The van der Waals surface area contributed by atoms with E-state index in [-0.39, 0.29) is 5.57 Å². The summed E-state index contributed by atoms with van der Waals surface area (Å²) in [6.07, 6.45) is 1.43. The monoisotopic (exact) mass is 479 g/mol. The lowest BCUT2D eigenvalue weighted by Crippen LogP contribution is -2.03. The van der Waals surface area contributed by atoms with E-state index in [1.54, 1.807) is 12.1 Å². The molecule has 0 aliphatic heterocycles. The first-order chi connectivity index (χ1) is 12.5. The number of esters is 1. The number of hydrogen-bond acceptors (Lipinski definition) is 5. The first kappa shape index (κ1) is 20.0. The number of halogens is 2. The van der Waals surface area contributed by atoms with Crippen molar-refractivity contribution in [3.63, 3.8) is 0 Å². The minimum atomic E-state index is -0.696. The quantitative estimate of drug-likeness (QED) is 0.335. The van der Waals surface area contributed by atoms with Gasteiger partial charge in [0.2, 0.25) is 0 Å². The summed E-state index contributed by atoms with van der Waals surface area (Å²) in [5.74, 6) is 0.312. The van der Waals surface area contributed by atoms with Crippen LogP contribution >= 0.6 is 31.9 Å². The Morgan fingerprint density at radius 1 is 1.19 bits per heavy atom. The lowest BCUT2D eigenvalue weighted by atomic mass is 10.1. The van der Waals surface area contributed by atoms with Gasteiger partial charge in [-0.25, -0.2) is 4.79 Å². The van der Waals surface area contributed by atoms with Gasteiger partial charge in [-0.05, 0) is 57.4 Å². The van der Waals surface area contributed by atoms with Gasteiger partial charge in [0.1, 0.15) is 18.2 Å². The molecule has 0 bridgehead atoms. The molecule has 7 heteroatoms. The molecule has 0 atom stereocenters. The Labute approximate surface area is 168 Å². The first-order valence-corrected chi connectivity index (χ1v) is 9.02. The lowest BCUT2D eigenvalue weighted by molar-refractivity contribution is -0.135. The van der Waals surface area contributed by atoms with Crippen molar-refractivity contribution in [1.82, 2.24) is 0 Å². The molecule has 0 N–H and O–H groups in total. The third-order valence-electron chi connectivity index (χ3n) is 3.38. The molecular weight excluding hydrogens is 466 g/mol. The average molecular weight is 481 g/mol. The van der Waals surface area contributed by atoms with Crippen molar-refractivity contribution in [2.45, 2.75) is 6.61 Å². The van der Waals surface area contributed by atoms with Crippen molar-refractivity contribution in [3.8, 4) is 17.6 Å². The van der Waals surface area contributed by atoms with E-state index in [1.165, 1.54) is 20.3 Å². The number of nitriles is 1. The summed E-state index contributed by atoms with van der Waals surface area (Å²) in [6, 6.07) is 13.0. The molecule has 26 heavy (non-hydrogen) atoms. The Morgan fingerprint density at radius 2 is 1.88 bits per heavy atom. The van der Waals surface area contributed by atoms with Crippen molar-refractivity contribution < 1.29 is 19.0 Å². The SMILES string of the molecule is COC(=O)C(C#N)=Cc1cc(Br)c(OCc2ccc(Br)cc2)c(OC)c1. The number of carbonyl (C=O) groups is 1. The summed E-state index contributed by atoms with van der Waals surface area (Å²) in [6.45, 7) is 0.364. The predicted octanol–water partition coefficient (Wildman–Crippen LogP) is 4.88. The fourth-order valence-corrected chi connectivity index (χ4v) is 2.95. The van der Waals surface area contributed by atoms with E-state index in [4.69, 9.17) is 14.7 Å². The average Bonchev–Trinajstić information content (AvgIpc) is 2.65. The van der Waals surface area contributed by atoms with Gasteiger partial charge in [-0.2, -0.15) is 5.26 Å². The predicted molar refractivity (Wildman–Crippen MR) is 105 cm³/mol. The Balaban J connectivity index is 2.29. The van der Waals surface area contributed by atoms with E-state index in [0.29, 0.717) is 28.1 Å². The molecule has 134 valence electrons. The molecule has 2 aromatic rings. The molecule has 0 saturated carbocycles. The van der Waals surface area contributed by atoms with Crippen LogP contribution in [-0.2, 0) is 16.1 Å². The van der Waals surface area contributed by atoms with Gasteiger partial charge in [0.25, 0.3) is 0 Å². The van der Waals surface area contributed by atoms with Crippen LogP contribution in [0, 0.1) is 11.3 Å². The van der Waals surface area contributed by atoms with Gasteiger partial charge < -0.3 is 14.2 Å². The highest BCUT2D eigenvalue weighted by atomic mass is 79.9. The highest BCUT2D eigenvalue weighted by molar-refractivity contribution is 9.10. The molecule has 0 aromatic heterocycles. The van der Waals surface area contributed by atoms with Crippen molar-refractivity contribution >= 4 is 43.9 Å². The van der Waals surface area contributed by atoms with Crippen LogP contribution in [0.25, 0.3) is 6.08 Å².